The predicted octanol–water partition coefficient (Wildman–Crippen LogP) is 5.80. The first-order valence-corrected chi connectivity index (χ1v) is 11.2. The Kier molecular flexibility index (Phi) is 5.40. The molecule has 0 bridgehead atoms. The Morgan fingerprint density at radius 1 is 1.03 bits per heavy atom. The standard InChI is InChI=1S/C23H19F4NO3S/c1-14-6-8-20(24)19(10-14)16-7-9-22-21(11-16)28(13-15(2)31-22)32(29,30)18-5-3-4-17(12-18)23(25,26)27/h3-12,15H,13H2,1-2H3. The van der Waals surface area contributed by atoms with E-state index in [1.807, 2.05) is 0 Å². The van der Waals surface area contributed by atoms with Crippen molar-refractivity contribution in [2.24, 2.45) is 0 Å². The van der Waals surface area contributed by atoms with Crippen molar-refractivity contribution < 1.29 is 30.7 Å². The van der Waals surface area contributed by atoms with Crippen LogP contribution in [0.25, 0.3) is 11.1 Å². The Labute approximate surface area is 183 Å². The van der Waals surface area contributed by atoms with Crippen LogP contribution >= 0.6 is 0 Å². The van der Waals surface area contributed by atoms with Crippen molar-refractivity contribution in [1.82, 2.24) is 0 Å². The Morgan fingerprint density at radius 2 is 1.78 bits per heavy atom. The molecule has 0 N–H and O–H groups in total. The number of anilines is 1. The number of hydrogen-bond acceptors (Lipinski definition) is 3. The van der Waals surface area contributed by atoms with E-state index in [1.165, 1.54) is 18.2 Å². The van der Waals surface area contributed by atoms with Crippen molar-refractivity contribution in [3.63, 3.8) is 0 Å². The van der Waals surface area contributed by atoms with E-state index >= 15 is 0 Å². The van der Waals surface area contributed by atoms with Crippen molar-refractivity contribution in [3.05, 3.63) is 77.6 Å². The minimum Gasteiger partial charge on any atom is -0.487 e. The molecule has 32 heavy (non-hydrogen) atoms. The van der Waals surface area contributed by atoms with Gasteiger partial charge < -0.3 is 4.74 Å². The molecule has 4 rings (SSSR count). The van der Waals surface area contributed by atoms with E-state index < -0.39 is 38.6 Å². The van der Waals surface area contributed by atoms with Gasteiger partial charge in [-0.25, -0.2) is 12.8 Å². The van der Waals surface area contributed by atoms with E-state index in [1.54, 1.807) is 32.0 Å². The molecule has 1 unspecified atom stereocenters. The predicted molar refractivity (Wildman–Crippen MR) is 113 cm³/mol. The normalized spacial score (nSPS) is 16.4. The lowest BCUT2D eigenvalue weighted by atomic mass is 10.0. The number of nitrogens with zero attached hydrogens (tertiary/aromatic N) is 1. The maximum Gasteiger partial charge on any atom is 0.416 e. The minimum absolute atomic E-state index is 0.106. The summed E-state index contributed by atoms with van der Waals surface area (Å²) in [7, 11) is -4.35. The third-order valence-electron chi connectivity index (χ3n) is 5.16. The van der Waals surface area contributed by atoms with Crippen LogP contribution in [0, 0.1) is 12.7 Å². The van der Waals surface area contributed by atoms with Gasteiger partial charge in [0.1, 0.15) is 17.7 Å². The molecule has 0 spiro atoms. The molecule has 0 amide bonds. The lowest BCUT2D eigenvalue weighted by Crippen LogP contribution is -2.42. The fraction of sp³-hybridized carbons (Fsp3) is 0.217. The Hall–Kier alpha value is -3.07. The number of halogens is 4. The molecule has 9 heteroatoms. The van der Waals surface area contributed by atoms with E-state index in [0.29, 0.717) is 11.6 Å². The van der Waals surface area contributed by atoms with Gasteiger partial charge in [-0.05, 0) is 61.9 Å². The molecule has 1 aliphatic rings. The number of fused-ring (bicyclic) bond motifs is 1. The van der Waals surface area contributed by atoms with E-state index in [4.69, 9.17) is 4.74 Å². The first-order valence-electron chi connectivity index (χ1n) is 9.74. The van der Waals surface area contributed by atoms with E-state index in [0.717, 1.165) is 28.1 Å². The van der Waals surface area contributed by atoms with Crippen molar-refractivity contribution in [1.29, 1.82) is 0 Å². The lowest BCUT2D eigenvalue weighted by molar-refractivity contribution is -0.137. The molecule has 0 aliphatic carbocycles. The fourth-order valence-corrected chi connectivity index (χ4v) is 5.20. The summed E-state index contributed by atoms with van der Waals surface area (Å²) in [6.45, 7) is 3.35. The molecule has 0 fully saturated rings. The zero-order chi connectivity index (χ0) is 23.3. The second kappa shape index (κ2) is 7.81. The van der Waals surface area contributed by atoms with Gasteiger partial charge in [0, 0.05) is 5.56 Å². The van der Waals surface area contributed by atoms with Gasteiger partial charge in [-0.2, -0.15) is 13.2 Å². The van der Waals surface area contributed by atoms with Gasteiger partial charge in [0.15, 0.2) is 0 Å². The number of benzene rings is 3. The van der Waals surface area contributed by atoms with E-state index in [2.05, 4.69) is 0 Å². The van der Waals surface area contributed by atoms with Gasteiger partial charge in [0.25, 0.3) is 10.0 Å². The summed E-state index contributed by atoms with van der Waals surface area (Å²) in [6, 6.07) is 12.8. The summed E-state index contributed by atoms with van der Waals surface area (Å²) in [5.41, 5.74) is 0.599. The molecule has 3 aromatic rings. The Morgan fingerprint density at radius 3 is 2.50 bits per heavy atom. The molecule has 1 atom stereocenters. The van der Waals surface area contributed by atoms with Crippen LogP contribution in [0.2, 0.25) is 0 Å². The van der Waals surface area contributed by atoms with E-state index in [-0.39, 0.29) is 23.5 Å². The highest BCUT2D eigenvalue weighted by Gasteiger charge is 2.36. The smallest absolute Gasteiger partial charge is 0.416 e. The van der Waals surface area contributed by atoms with Gasteiger partial charge in [-0.1, -0.05) is 23.8 Å². The van der Waals surface area contributed by atoms with Crippen LogP contribution in [0.15, 0.2) is 65.6 Å². The van der Waals surface area contributed by atoms with Gasteiger partial charge in [-0.3, -0.25) is 4.31 Å². The van der Waals surface area contributed by atoms with Crippen LogP contribution in [-0.4, -0.2) is 21.1 Å². The first-order chi connectivity index (χ1) is 15.0. The SMILES string of the molecule is Cc1ccc(F)c(-c2ccc3c(c2)N(S(=O)(=O)c2cccc(C(F)(F)F)c2)CC(C)O3)c1. The molecule has 1 aliphatic heterocycles. The summed E-state index contributed by atoms with van der Waals surface area (Å²) >= 11 is 0. The van der Waals surface area contributed by atoms with Crippen molar-refractivity contribution in [2.75, 3.05) is 10.8 Å². The zero-order valence-electron chi connectivity index (χ0n) is 17.2. The van der Waals surface area contributed by atoms with Crippen LogP contribution in [0.4, 0.5) is 23.2 Å². The molecule has 0 saturated carbocycles. The number of alkyl halides is 3. The maximum atomic E-state index is 14.4. The van der Waals surface area contributed by atoms with Gasteiger partial charge in [0.05, 0.1) is 22.7 Å². The second-order valence-electron chi connectivity index (χ2n) is 7.66. The molecule has 3 aromatic carbocycles. The number of sulfonamides is 1. The van der Waals surface area contributed by atoms with Crippen molar-refractivity contribution in [3.8, 4) is 16.9 Å². The summed E-state index contributed by atoms with van der Waals surface area (Å²) in [6.07, 6.45) is -5.22. The quantitative estimate of drug-likeness (QED) is 0.460. The Bertz CT molecular complexity index is 1290. The van der Waals surface area contributed by atoms with Crippen LogP contribution in [0.3, 0.4) is 0 Å². The number of hydrogen-bond donors (Lipinski definition) is 0. The first kappa shape index (κ1) is 22.1. The summed E-state index contributed by atoms with van der Waals surface area (Å²) < 4.78 is 87.4. The monoisotopic (exact) mass is 465 g/mol. The van der Waals surface area contributed by atoms with Crippen LogP contribution in [-0.2, 0) is 16.2 Å². The van der Waals surface area contributed by atoms with Crippen LogP contribution in [0.5, 0.6) is 5.75 Å². The topological polar surface area (TPSA) is 46.6 Å². The highest BCUT2D eigenvalue weighted by molar-refractivity contribution is 7.92. The lowest BCUT2D eigenvalue weighted by Gasteiger charge is -2.34. The highest BCUT2D eigenvalue weighted by atomic mass is 32.2. The minimum atomic E-state index is -4.68. The average Bonchev–Trinajstić information content (AvgIpc) is 2.74. The molecule has 0 aromatic heterocycles. The number of aryl methyl sites for hydroxylation is 1. The van der Waals surface area contributed by atoms with Gasteiger partial charge in [-0.15, -0.1) is 0 Å². The van der Waals surface area contributed by atoms with Crippen molar-refractivity contribution >= 4 is 15.7 Å². The number of rotatable bonds is 3. The van der Waals surface area contributed by atoms with Crippen LogP contribution < -0.4 is 9.04 Å². The zero-order valence-corrected chi connectivity index (χ0v) is 18.0. The van der Waals surface area contributed by atoms with E-state index in [9.17, 15) is 26.0 Å². The largest absolute Gasteiger partial charge is 0.487 e. The molecular weight excluding hydrogens is 446 g/mol. The summed E-state index contributed by atoms with van der Waals surface area (Å²) in [5.74, 6) is -0.232. The fourth-order valence-electron chi connectivity index (χ4n) is 3.61. The summed E-state index contributed by atoms with van der Waals surface area (Å²) in [5, 5.41) is 0. The average molecular weight is 465 g/mol. The maximum absolute atomic E-state index is 14.4. The van der Waals surface area contributed by atoms with Crippen LogP contribution in [0.1, 0.15) is 18.1 Å². The molecule has 1 heterocycles. The molecular formula is C23H19F4NO3S. The third kappa shape index (κ3) is 4.04. The van der Waals surface area contributed by atoms with Gasteiger partial charge in [0.2, 0.25) is 0 Å². The molecule has 4 nitrogen and oxygen atoms in total. The third-order valence-corrected chi connectivity index (χ3v) is 6.94. The summed E-state index contributed by atoms with van der Waals surface area (Å²) in [4.78, 5) is -0.487. The number of ether oxygens (including phenoxy) is 1. The molecule has 168 valence electrons. The second-order valence-corrected chi connectivity index (χ2v) is 9.52. The van der Waals surface area contributed by atoms with Crippen molar-refractivity contribution in [2.45, 2.75) is 31.0 Å². The van der Waals surface area contributed by atoms with Gasteiger partial charge >= 0.3 is 6.18 Å². The molecule has 0 saturated heterocycles. The highest BCUT2D eigenvalue weighted by Crippen LogP contribution is 2.41. The Balaban J connectivity index is 1.84. The molecule has 0 radical (unpaired) electrons.